The van der Waals surface area contributed by atoms with Crippen molar-refractivity contribution in [2.45, 2.75) is 13.2 Å². The standard InChI is InChI=1S/C14H13BrN2O2/c15-12-2-1-7-16-13(12)14(19)17-8-10-3-5-11(9-18)6-4-10/h1-7,18H,8-9H2,(H,17,19). The molecule has 0 aliphatic carbocycles. The fraction of sp³-hybridized carbons (Fsp3) is 0.143. The molecule has 0 bridgehead atoms. The number of hydrogen-bond donors (Lipinski definition) is 2. The van der Waals surface area contributed by atoms with Gasteiger partial charge in [0.1, 0.15) is 5.69 Å². The molecule has 2 N–H and O–H groups in total. The Hall–Kier alpha value is -1.72. The summed E-state index contributed by atoms with van der Waals surface area (Å²) in [4.78, 5) is 15.9. The van der Waals surface area contributed by atoms with Crippen molar-refractivity contribution in [2.75, 3.05) is 0 Å². The number of aliphatic hydroxyl groups excluding tert-OH is 1. The summed E-state index contributed by atoms with van der Waals surface area (Å²) in [5, 5.41) is 11.7. The molecule has 1 aromatic heterocycles. The Morgan fingerprint density at radius 2 is 1.89 bits per heavy atom. The van der Waals surface area contributed by atoms with E-state index >= 15 is 0 Å². The summed E-state index contributed by atoms with van der Waals surface area (Å²) in [6.45, 7) is 0.446. The van der Waals surface area contributed by atoms with Crippen LogP contribution in [0, 0.1) is 0 Å². The Labute approximate surface area is 119 Å². The number of halogens is 1. The minimum absolute atomic E-state index is 0.0214. The van der Waals surface area contributed by atoms with Crippen LogP contribution in [-0.4, -0.2) is 16.0 Å². The van der Waals surface area contributed by atoms with E-state index in [1.54, 1.807) is 18.3 Å². The molecule has 0 aliphatic heterocycles. The molecule has 0 saturated carbocycles. The van der Waals surface area contributed by atoms with Crippen LogP contribution in [-0.2, 0) is 13.2 Å². The van der Waals surface area contributed by atoms with Gasteiger partial charge in [-0.05, 0) is 39.2 Å². The van der Waals surface area contributed by atoms with Crippen LogP contribution in [0.25, 0.3) is 0 Å². The van der Waals surface area contributed by atoms with Crippen molar-refractivity contribution in [2.24, 2.45) is 0 Å². The molecule has 1 amide bonds. The van der Waals surface area contributed by atoms with Crippen molar-refractivity contribution in [3.8, 4) is 0 Å². The van der Waals surface area contributed by atoms with Crippen LogP contribution in [0.2, 0.25) is 0 Å². The molecule has 2 aromatic rings. The van der Waals surface area contributed by atoms with Gasteiger partial charge < -0.3 is 10.4 Å². The molecule has 19 heavy (non-hydrogen) atoms. The Balaban J connectivity index is 1.98. The first kappa shape index (κ1) is 13.7. The molecule has 2 rings (SSSR count). The Morgan fingerprint density at radius 3 is 2.53 bits per heavy atom. The van der Waals surface area contributed by atoms with Crippen molar-refractivity contribution >= 4 is 21.8 Å². The molecular weight excluding hydrogens is 308 g/mol. The van der Waals surface area contributed by atoms with Crippen LogP contribution in [0.5, 0.6) is 0 Å². The largest absolute Gasteiger partial charge is 0.392 e. The minimum atomic E-state index is -0.223. The van der Waals surface area contributed by atoms with E-state index < -0.39 is 0 Å². The van der Waals surface area contributed by atoms with Crippen molar-refractivity contribution in [1.82, 2.24) is 10.3 Å². The molecule has 0 atom stereocenters. The van der Waals surface area contributed by atoms with Crippen molar-refractivity contribution in [1.29, 1.82) is 0 Å². The Kier molecular flexibility index (Phi) is 4.65. The zero-order chi connectivity index (χ0) is 13.7. The lowest BCUT2D eigenvalue weighted by atomic mass is 10.1. The molecule has 0 radical (unpaired) electrons. The number of nitrogens with zero attached hydrogens (tertiary/aromatic N) is 1. The zero-order valence-electron chi connectivity index (χ0n) is 10.1. The molecule has 4 nitrogen and oxygen atoms in total. The monoisotopic (exact) mass is 320 g/mol. The summed E-state index contributed by atoms with van der Waals surface area (Å²) in [5.41, 5.74) is 2.19. The van der Waals surface area contributed by atoms with Gasteiger partial charge in [-0.25, -0.2) is 4.98 Å². The summed E-state index contributed by atoms with van der Waals surface area (Å²) in [6.07, 6.45) is 1.58. The second kappa shape index (κ2) is 6.45. The summed E-state index contributed by atoms with van der Waals surface area (Å²) >= 11 is 3.29. The highest BCUT2D eigenvalue weighted by molar-refractivity contribution is 9.10. The smallest absolute Gasteiger partial charge is 0.271 e. The van der Waals surface area contributed by atoms with Gasteiger partial charge in [-0.1, -0.05) is 24.3 Å². The van der Waals surface area contributed by atoms with Crippen LogP contribution in [0.3, 0.4) is 0 Å². The summed E-state index contributed by atoms with van der Waals surface area (Å²) < 4.78 is 0.670. The van der Waals surface area contributed by atoms with Gasteiger partial charge in [-0.2, -0.15) is 0 Å². The lowest BCUT2D eigenvalue weighted by molar-refractivity contribution is 0.0945. The van der Waals surface area contributed by atoms with Crippen LogP contribution in [0.4, 0.5) is 0 Å². The van der Waals surface area contributed by atoms with E-state index in [9.17, 15) is 4.79 Å². The highest BCUT2D eigenvalue weighted by Gasteiger charge is 2.10. The summed E-state index contributed by atoms with van der Waals surface area (Å²) in [6, 6.07) is 10.9. The second-order valence-corrected chi connectivity index (χ2v) is 4.85. The number of nitrogens with one attached hydrogen (secondary N) is 1. The molecule has 0 unspecified atom stereocenters. The number of amides is 1. The number of aliphatic hydroxyl groups is 1. The third kappa shape index (κ3) is 3.62. The minimum Gasteiger partial charge on any atom is -0.392 e. The van der Waals surface area contributed by atoms with E-state index in [0.717, 1.165) is 11.1 Å². The van der Waals surface area contributed by atoms with E-state index in [2.05, 4.69) is 26.2 Å². The van der Waals surface area contributed by atoms with Gasteiger partial charge >= 0.3 is 0 Å². The average molecular weight is 321 g/mol. The van der Waals surface area contributed by atoms with Gasteiger partial charge in [-0.3, -0.25) is 4.79 Å². The number of rotatable bonds is 4. The van der Waals surface area contributed by atoms with Crippen molar-refractivity contribution in [3.05, 3.63) is 63.9 Å². The number of aromatic nitrogens is 1. The molecule has 0 fully saturated rings. The highest BCUT2D eigenvalue weighted by Crippen LogP contribution is 2.13. The number of carbonyl (C=O) groups is 1. The lowest BCUT2D eigenvalue weighted by Crippen LogP contribution is -2.24. The van der Waals surface area contributed by atoms with E-state index in [1.807, 2.05) is 24.3 Å². The Bertz CT molecular complexity index is 570. The zero-order valence-corrected chi connectivity index (χ0v) is 11.7. The maximum absolute atomic E-state index is 11.9. The molecule has 98 valence electrons. The summed E-state index contributed by atoms with van der Waals surface area (Å²) in [7, 11) is 0. The quantitative estimate of drug-likeness (QED) is 0.908. The number of pyridine rings is 1. The maximum atomic E-state index is 11.9. The fourth-order valence-electron chi connectivity index (χ4n) is 1.58. The average Bonchev–Trinajstić information content (AvgIpc) is 2.46. The van der Waals surface area contributed by atoms with Gasteiger partial charge in [0.15, 0.2) is 0 Å². The van der Waals surface area contributed by atoms with Crippen molar-refractivity contribution < 1.29 is 9.90 Å². The van der Waals surface area contributed by atoms with E-state index in [0.29, 0.717) is 16.7 Å². The first-order chi connectivity index (χ1) is 9.20. The fourth-order valence-corrected chi connectivity index (χ4v) is 2.02. The first-order valence-electron chi connectivity index (χ1n) is 5.78. The highest BCUT2D eigenvalue weighted by atomic mass is 79.9. The first-order valence-corrected chi connectivity index (χ1v) is 6.57. The van der Waals surface area contributed by atoms with Gasteiger partial charge in [0.2, 0.25) is 0 Å². The molecule has 1 aromatic carbocycles. The van der Waals surface area contributed by atoms with Crippen LogP contribution in [0.15, 0.2) is 47.1 Å². The van der Waals surface area contributed by atoms with E-state index in [4.69, 9.17) is 5.11 Å². The van der Waals surface area contributed by atoms with Crippen LogP contribution < -0.4 is 5.32 Å². The second-order valence-electron chi connectivity index (χ2n) is 3.99. The summed E-state index contributed by atoms with van der Waals surface area (Å²) in [5.74, 6) is -0.223. The number of hydrogen-bond acceptors (Lipinski definition) is 3. The number of carbonyl (C=O) groups excluding carboxylic acids is 1. The van der Waals surface area contributed by atoms with Gasteiger partial charge in [0.05, 0.1) is 6.61 Å². The Morgan fingerprint density at radius 1 is 1.21 bits per heavy atom. The topological polar surface area (TPSA) is 62.2 Å². The van der Waals surface area contributed by atoms with E-state index in [1.165, 1.54) is 0 Å². The van der Waals surface area contributed by atoms with Gasteiger partial charge in [-0.15, -0.1) is 0 Å². The maximum Gasteiger partial charge on any atom is 0.271 e. The van der Waals surface area contributed by atoms with Gasteiger partial charge in [0.25, 0.3) is 5.91 Å². The van der Waals surface area contributed by atoms with Crippen LogP contribution >= 0.6 is 15.9 Å². The van der Waals surface area contributed by atoms with Crippen LogP contribution in [0.1, 0.15) is 21.6 Å². The molecule has 0 saturated heterocycles. The molecule has 5 heteroatoms. The molecule has 1 heterocycles. The SMILES string of the molecule is O=C(NCc1ccc(CO)cc1)c1ncccc1Br. The molecular formula is C14H13BrN2O2. The van der Waals surface area contributed by atoms with E-state index in [-0.39, 0.29) is 12.5 Å². The van der Waals surface area contributed by atoms with Crippen molar-refractivity contribution in [3.63, 3.8) is 0 Å². The normalized spacial score (nSPS) is 10.2. The predicted octanol–water partition coefficient (Wildman–Crippen LogP) is 2.27. The third-order valence-corrected chi connectivity index (χ3v) is 3.27. The predicted molar refractivity (Wildman–Crippen MR) is 75.5 cm³/mol. The molecule has 0 spiro atoms. The lowest BCUT2D eigenvalue weighted by Gasteiger charge is -2.06. The van der Waals surface area contributed by atoms with Gasteiger partial charge in [0, 0.05) is 17.2 Å². The molecule has 0 aliphatic rings. The number of benzene rings is 1. The third-order valence-electron chi connectivity index (χ3n) is 2.63.